The van der Waals surface area contributed by atoms with Gasteiger partial charge in [-0.05, 0) is 29.3 Å². The molecular weight excluding hydrogens is 262 g/mol. The van der Waals surface area contributed by atoms with Gasteiger partial charge in [0, 0.05) is 0 Å². The number of hydrogen-bond acceptors (Lipinski definition) is 1. The zero-order valence-corrected chi connectivity index (χ0v) is 14.9. The highest BCUT2D eigenvalue weighted by molar-refractivity contribution is 7.10. The lowest BCUT2D eigenvalue weighted by atomic mass is 9.96. The first-order valence-electron chi connectivity index (χ1n) is 7.85. The minimum atomic E-state index is -1.42. The normalized spacial score (nSPS) is 26.3. The van der Waals surface area contributed by atoms with Gasteiger partial charge in [-0.3, -0.25) is 0 Å². The summed E-state index contributed by atoms with van der Waals surface area (Å²) >= 11 is 0. The van der Waals surface area contributed by atoms with Gasteiger partial charge in [0.2, 0.25) is 0 Å². The Labute approximate surface area is 120 Å². The van der Waals surface area contributed by atoms with Crippen molar-refractivity contribution in [3.8, 4) is 0 Å². The molecule has 0 spiro atoms. The molecule has 3 rings (SSSR count). The molecule has 0 saturated heterocycles. The lowest BCUT2D eigenvalue weighted by Gasteiger charge is -2.46. The third-order valence-electron chi connectivity index (χ3n) is 5.39. The first-order chi connectivity index (χ1) is 8.95. The maximum atomic E-state index is 3.09. The zero-order chi connectivity index (χ0) is 13.7. The molecule has 1 heterocycles. The van der Waals surface area contributed by atoms with Gasteiger partial charge in [0.25, 0.3) is 0 Å². The monoisotopic (exact) mass is 289 g/mol. The Kier molecular flexibility index (Phi) is 3.27. The molecule has 0 N–H and O–H groups in total. The number of fused-ring (bicyclic) bond motifs is 1. The minimum Gasteiger partial charge on any atom is -0.336 e. The smallest absolute Gasteiger partial charge is 0.148 e. The molecular formula is C16H27NSi2. The van der Waals surface area contributed by atoms with E-state index in [2.05, 4.69) is 54.7 Å². The van der Waals surface area contributed by atoms with E-state index in [0.717, 1.165) is 6.04 Å². The molecule has 1 aliphatic heterocycles. The van der Waals surface area contributed by atoms with Crippen molar-refractivity contribution in [2.75, 3.05) is 0 Å². The van der Waals surface area contributed by atoms with Crippen molar-refractivity contribution >= 4 is 26.8 Å². The van der Waals surface area contributed by atoms with E-state index >= 15 is 0 Å². The molecule has 0 atom stereocenters. The van der Waals surface area contributed by atoms with Crippen molar-refractivity contribution in [1.82, 2.24) is 4.23 Å². The maximum absolute atomic E-state index is 3.09. The van der Waals surface area contributed by atoms with Gasteiger partial charge in [-0.2, -0.15) is 0 Å². The predicted molar refractivity (Wildman–Crippen MR) is 89.4 cm³/mol. The highest BCUT2D eigenvalue weighted by Crippen LogP contribution is 2.34. The van der Waals surface area contributed by atoms with Crippen LogP contribution in [-0.2, 0) is 0 Å². The molecule has 1 aliphatic carbocycles. The zero-order valence-electron chi connectivity index (χ0n) is 12.9. The molecule has 0 amide bonds. The molecule has 1 aromatic rings. The van der Waals surface area contributed by atoms with Gasteiger partial charge in [-0.15, -0.1) is 0 Å². The molecule has 1 aromatic carbocycles. The van der Waals surface area contributed by atoms with E-state index in [9.17, 15) is 0 Å². The van der Waals surface area contributed by atoms with Crippen LogP contribution >= 0.6 is 0 Å². The second-order valence-corrected chi connectivity index (χ2v) is 16.0. The summed E-state index contributed by atoms with van der Waals surface area (Å²) in [6.45, 7) is 10.3. The molecule has 1 saturated carbocycles. The number of rotatable bonds is 1. The predicted octanol–water partition coefficient (Wildman–Crippen LogP) is 3.16. The Morgan fingerprint density at radius 3 is 1.79 bits per heavy atom. The average molecular weight is 290 g/mol. The fraction of sp³-hybridized carbons (Fsp3) is 0.625. The summed E-state index contributed by atoms with van der Waals surface area (Å²) in [4.78, 5) is 0. The molecule has 104 valence electrons. The lowest BCUT2D eigenvalue weighted by molar-refractivity contribution is 0.329. The van der Waals surface area contributed by atoms with Crippen molar-refractivity contribution < 1.29 is 0 Å². The van der Waals surface area contributed by atoms with Crippen LogP contribution in [0.5, 0.6) is 0 Å². The Balaban J connectivity index is 2.06. The van der Waals surface area contributed by atoms with E-state index in [0.29, 0.717) is 0 Å². The molecule has 0 radical (unpaired) electrons. The van der Waals surface area contributed by atoms with E-state index in [1.807, 2.05) is 0 Å². The first-order valence-corrected chi connectivity index (χ1v) is 13.7. The van der Waals surface area contributed by atoms with E-state index in [-0.39, 0.29) is 0 Å². The van der Waals surface area contributed by atoms with E-state index in [1.54, 1.807) is 10.4 Å². The Bertz CT molecular complexity index is 440. The summed E-state index contributed by atoms with van der Waals surface area (Å²) < 4.78 is 3.09. The quantitative estimate of drug-likeness (QED) is 0.718. The van der Waals surface area contributed by atoms with E-state index in [1.165, 1.54) is 32.1 Å². The topological polar surface area (TPSA) is 3.24 Å². The number of hydrogen-bond donors (Lipinski definition) is 0. The molecule has 1 nitrogen and oxygen atoms in total. The fourth-order valence-corrected chi connectivity index (χ4v) is 18.3. The van der Waals surface area contributed by atoms with Crippen molar-refractivity contribution in [3.63, 3.8) is 0 Å². The van der Waals surface area contributed by atoms with Crippen LogP contribution in [0.25, 0.3) is 0 Å². The Morgan fingerprint density at radius 2 is 1.32 bits per heavy atom. The van der Waals surface area contributed by atoms with Crippen LogP contribution in [0.15, 0.2) is 24.3 Å². The Hall–Kier alpha value is -0.386. The lowest BCUT2D eigenvalue weighted by Crippen LogP contribution is -2.64. The largest absolute Gasteiger partial charge is 0.336 e. The standard InChI is InChI=1S/C16H27NSi2/c1-18(2)15-12-8-9-13-16(15)19(3,4)17(18)14-10-6-5-7-11-14/h8-9,12-14H,5-7,10-11H2,1-4H3. The van der Waals surface area contributed by atoms with Gasteiger partial charge < -0.3 is 4.23 Å². The molecule has 3 heteroatoms. The first kappa shape index (κ1) is 13.6. The highest BCUT2D eigenvalue weighted by atomic mass is 28.4. The van der Waals surface area contributed by atoms with Crippen molar-refractivity contribution in [1.29, 1.82) is 0 Å². The third-order valence-corrected chi connectivity index (χ3v) is 15.6. The van der Waals surface area contributed by atoms with Crippen LogP contribution < -0.4 is 10.4 Å². The van der Waals surface area contributed by atoms with Crippen molar-refractivity contribution in [2.45, 2.75) is 64.3 Å². The summed E-state index contributed by atoms with van der Waals surface area (Å²) in [5, 5.41) is 3.47. The number of benzene rings is 1. The van der Waals surface area contributed by atoms with Crippen LogP contribution in [0.3, 0.4) is 0 Å². The summed E-state index contributed by atoms with van der Waals surface area (Å²) in [6, 6.07) is 10.2. The Morgan fingerprint density at radius 1 is 0.842 bits per heavy atom. The summed E-state index contributed by atoms with van der Waals surface area (Å²) in [5.41, 5.74) is 0. The van der Waals surface area contributed by atoms with Crippen molar-refractivity contribution in [2.24, 2.45) is 0 Å². The van der Waals surface area contributed by atoms with Crippen LogP contribution in [-0.4, -0.2) is 26.7 Å². The minimum absolute atomic E-state index is 0.879. The van der Waals surface area contributed by atoms with E-state index in [4.69, 9.17) is 0 Å². The highest BCUT2D eigenvalue weighted by Gasteiger charge is 2.53. The molecule has 0 aromatic heterocycles. The van der Waals surface area contributed by atoms with Crippen LogP contribution in [0, 0.1) is 0 Å². The molecule has 1 fully saturated rings. The van der Waals surface area contributed by atoms with Gasteiger partial charge in [-0.1, -0.05) is 69.7 Å². The van der Waals surface area contributed by atoms with Crippen molar-refractivity contribution in [3.05, 3.63) is 24.3 Å². The van der Waals surface area contributed by atoms with E-state index < -0.39 is 16.5 Å². The summed E-state index contributed by atoms with van der Waals surface area (Å²) in [6.07, 6.45) is 7.25. The molecule has 2 aliphatic rings. The van der Waals surface area contributed by atoms with Crippen LogP contribution in [0.1, 0.15) is 32.1 Å². The van der Waals surface area contributed by atoms with Crippen LogP contribution in [0.2, 0.25) is 26.2 Å². The SMILES string of the molecule is C[Si]1(C)c2ccccc2[Si](C)(C)N1C1CCCCC1. The van der Waals surface area contributed by atoms with Gasteiger partial charge in [0.1, 0.15) is 16.5 Å². The van der Waals surface area contributed by atoms with Crippen LogP contribution in [0.4, 0.5) is 0 Å². The second kappa shape index (κ2) is 4.57. The summed E-state index contributed by atoms with van der Waals surface area (Å²) in [5.74, 6) is 0. The fourth-order valence-electron chi connectivity index (χ4n) is 4.76. The molecule has 0 unspecified atom stereocenters. The van der Waals surface area contributed by atoms with Gasteiger partial charge in [0.15, 0.2) is 0 Å². The van der Waals surface area contributed by atoms with Gasteiger partial charge in [0.05, 0.1) is 0 Å². The van der Waals surface area contributed by atoms with Gasteiger partial charge >= 0.3 is 0 Å². The average Bonchev–Trinajstić information content (AvgIpc) is 2.55. The summed E-state index contributed by atoms with van der Waals surface area (Å²) in [7, 11) is -2.84. The number of nitrogens with zero attached hydrogens (tertiary/aromatic N) is 1. The van der Waals surface area contributed by atoms with Gasteiger partial charge in [-0.25, -0.2) is 0 Å². The third kappa shape index (κ3) is 1.98. The second-order valence-electron chi connectivity index (χ2n) is 7.33. The molecule has 19 heavy (non-hydrogen) atoms. The maximum Gasteiger partial charge on any atom is 0.148 e. The molecule has 0 bridgehead atoms.